The van der Waals surface area contributed by atoms with Crippen molar-refractivity contribution in [3.8, 4) is 0 Å². The lowest BCUT2D eigenvalue weighted by Gasteiger charge is -2.05. The minimum absolute atomic E-state index is 0.0469. The van der Waals surface area contributed by atoms with E-state index in [-0.39, 0.29) is 5.75 Å². The van der Waals surface area contributed by atoms with Crippen LogP contribution in [0.2, 0.25) is 0 Å². The van der Waals surface area contributed by atoms with Crippen LogP contribution in [0.4, 0.5) is 0 Å². The summed E-state index contributed by atoms with van der Waals surface area (Å²) >= 11 is 0. The van der Waals surface area contributed by atoms with Gasteiger partial charge in [-0.2, -0.15) is 0 Å². The summed E-state index contributed by atoms with van der Waals surface area (Å²) in [4.78, 5) is 0. The molecule has 1 aromatic rings. The van der Waals surface area contributed by atoms with Gasteiger partial charge in [0, 0.05) is 20.2 Å². The van der Waals surface area contributed by atoms with Gasteiger partial charge in [-0.15, -0.1) is 0 Å². The maximum atomic E-state index is 10.7. The van der Waals surface area contributed by atoms with E-state index in [1.807, 2.05) is 24.3 Å². The largest absolute Gasteiger partial charge is 0.380 e. The number of sulfonamides is 1. The molecule has 0 saturated heterocycles. The zero-order chi connectivity index (χ0) is 12.7. The van der Waals surface area contributed by atoms with Crippen LogP contribution in [0.15, 0.2) is 24.3 Å². The van der Waals surface area contributed by atoms with Crippen molar-refractivity contribution in [1.29, 1.82) is 0 Å². The third kappa shape index (κ3) is 6.38. The Morgan fingerprint density at radius 2 is 1.82 bits per heavy atom. The summed E-state index contributed by atoms with van der Waals surface area (Å²) in [7, 11) is -1.72. The average Bonchev–Trinajstić information content (AvgIpc) is 2.26. The number of hydrogen-bond donors (Lipinski definition) is 2. The quantitative estimate of drug-likeness (QED) is 0.685. The van der Waals surface area contributed by atoms with E-state index in [2.05, 4.69) is 5.32 Å². The van der Waals surface area contributed by atoms with Gasteiger partial charge in [-0.05, 0) is 11.1 Å². The minimum Gasteiger partial charge on any atom is -0.380 e. The van der Waals surface area contributed by atoms with E-state index in [1.165, 1.54) is 0 Å². The van der Waals surface area contributed by atoms with Gasteiger partial charge >= 0.3 is 0 Å². The van der Waals surface area contributed by atoms with Crippen molar-refractivity contribution >= 4 is 10.0 Å². The molecule has 0 saturated carbocycles. The molecule has 0 heterocycles. The summed E-state index contributed by atoms with van der Waals surface area (Å²) in [5, 5.41) is 7.91. The predicted octanol–water partition coefficient (Wildman–Crippen LogP) is 0.211. The van der Waals surface area contributed by atoms with Crippen molar-refractivity contribution in [2.75, 3.05) is 19.4 Å². The van der Waals surface area contributed by atoms with Crippen molar-refractivity contribution in [1.82, 2.24) is 5.32 Å². The lowest BCUT2D eigenvalue weighted by atomic mass is 10.1. The molecule has 5 nitrogen and oxygen atoms in total. The molecule has 0 aliphatic rings. The van der Waals surface area contributed by atoms with Gasteiger partial charge in [-0.1, -0.05) is 24.3 Å². The molecule has 0 amide bonds. The molecule has 0 spiro atoms. The van der Waals surface area contributed by atoms with Crippen LogP contribution in [-0.4, -0.2) is 27.8 Å². The highest BCUT2D eigenvalue weighted by Gasteiger charge is 2.01. The van der Waals surface area contributed by atoms with Crippen LogP contribution in [0, 0.1) is 0 Å². The Bertz CT molecular complexity index is 429. The van der Waals surface area contributed by atoms with E-state index in [0.717, 1.165) is 11.1 Å². The number of primary sulfonamides is 1. The second kappa shape index (κ2) is 6.70. The predicted molar refractivity (Wildman–Crippen MR) is 66.8 cm³/mol. The van der Waals surface area contributed by atoms with Crippen LogP contribution in [0.3, 0.4) is 0 Å². The zero-order valence-electron chi connectivity index (χ0n) is 9.85. The highest BCUT2D eigenvalue weighted by Crippen LogP contribution is 2.05. The molecule has 0 unspecified atom stereocenters. The fraction of sp³-hybridized carbons (Fsp3) is 0.455. The lowest BCUT2D eigenvalue weighted by Crippen LogP contribution is -2.26. The van der Waals surface area contributed by atoms with Crippen molar-refractivity contribution < 1.29 is 13.2 Å². The molecule has 0 radical (unpaired) electrons. The van der Waals surface area contributed by atoms with Gasteiger partial charge in [0.05, 0.1) is 12.4 Å². The number of nitrogens with two attached hydrogens (primary N) is 1. The smallest absolute Gasteiger partial charge is 0.210 e. The van der Waals surface area contributed by atoms with E-state index in [9.17, 15) is 8.42 Å². The Labute approximate surface area is 102 Å². The fourth-order valence-corrected chi connectivity index (χ4v) is 1.80. The molecule has 96 valence electrons. The van der Waals surface area contributed by atoms with Crippen LogP contribution in [-0.2, 0) is 27.9 Å². The third-order valence-corrected chi connectivity index (χ3v) is 3.00. The molecule has 1 rings (SSSR count). The first kappa shape index (κ1) is 14.1. The van der Waals surface area contributed by atoms with Gasteiger partial charge in [0.1, 0.15) is 0 Å². The van der Waals surface area contributed by atoms with Crippen LogP contribution < -0.4 is 10.5 Å². The SMILES string of the molecule is COCc1ccc(CNCCS(N)(=O)=O)cc1. The molecule has 6 heteroatoms. The maximum absolute atomic E-state index is 10.7. The highest BCUT2D eigenvalue weighted by molar-refractivity contribution is 7.89. The van der Waals surface area contributed by atoms with E-state index in [1.54, 1.807) is 7.11 Å². The second-order valence-corrected chi connectivity index (χ2v) is 5.53. The Hall–Kier alpha value is -0.950. The number of ether oxygens (including phenoxy) is 1. The number of methoxy groups -OCH3 is 1. The fourth-order valence-electron chi connectivity index (χ4n) is 1.37. The Balaban J connectivity index is 2.32. The van der Waals surface area contributed by atoms with Crippen LogP contribution in [0.25, 0.3) is 0 Å². The summed E-state index contributed by atoms with van der Waals surface area (Å²) in [6.07, 6.45) is 0. The standard InChI is InChI=1S/C11H18N2O3S/c1-16-9-11-4-2-10(3-5-11)8-13-6-7-17(12,14)15/h2-5,13H,6-9H2,1H3,(H2,12,14,15). The van der Waals surface area contributed by atoms with Crippen molar-refractivity contribution in [3.05, 3.63) is 35.4 Å². The Kier molecular flexibility index (Phi) is 5.57. The first-order valence-electron chi connectivity index (χ1n) is 5.29. The van der Waals surface area contributed by atoms with Gasteiger partial charge in [-0.3, -0.25) is 0 Å². The minimum atomic E-state index is -3.37. The normalized spacial score (nSPS) is 11.6. The highest BCUT2D eigenvalue weighted by atomic mass is 32.2. The van der Waals surface area contributed by atoms with Gasteiger partial charge in [0.2, 0.25) is 10.0 Å². The number of rotatable bonds is 7. The molecule has 3 N–H and O–H groups in total. The molecular formula is C11H18N2O3S. The van der Waals surface area contributed by atoms with Crippen LogP contribution >= 0.6 is 0 Å². The van der Waals surface area contributed by atoms with E-state index in [0.29, 0.717) is 19.7 Å². The Morgan fingerprint density at radius 3 is 2.35 bits per heavy atom. The summed E-state index contributed by atoms with van der Waals surface area (Å²) in [5.74, 6) is -0.0469. The van der Waals surface area contributed by atoms with E-state index in [4.69, 9.17) is 9.88 Å². The maximum Gasteiger partial charge on any atom is 0.210 e. The molecule has 17 heavy (non-hydrogen) atoms. The van der Waals surface area contributed by atoms with Crippen molar-refractivity contribution in [2.24, 2.45) is 5.14 Å². The summed E-state index contributed by atoms with van der Waals surface area (Å²) in [6.45, 7) is 1.58. The van der Waals surface area contributed by atoms with E-state index >= 15 is 0 Å². The first-order chi connectivity index (χ1) is 8.01. The van der Waals surface area contributed by atoms with Crippen LogP contribution in [0.1, 0.15) is 11.1 Å². The molecule has 0 aromatic heterocycles. The Morgan fingerprint density at radius 1 is 1.24 bits per heavy atom. The number of benzene rings is 1. The average molecular weight is 258 g/mol. The molecule has 0 fully saturated rings. The van der Waals surface area contributed by atoms with Crippen molar-refractivity contribution in [2.45, 2.75) is 13.2 Å². The van der Waals surface area contributed by atoms with Crippen molar-refractivity contribution in [3.63, 3.8) is 0 Å². The number of nitrogens with one attached hydrogen (secondary N) is 1. The molecule has 1 aromatic carbocycles. The molecular weight excluding hydrogens is 240 g/mol. The lowest BCUT2D eigenvalue weighted by molar-refractivity contribution is 0.185. The summed E-state index contributed by atoms with van der Waals surface area (Å²) in [6, 6.07) is 7.94. The molecule has 0 bridgehead atoms. The monoisotopic (exact) mass is 258 g/mol. The summed E-state index contributed by atoms with van der Waals surface area (Å²) < 4.78 is 26.4. The van der Waals surface area contributed by atoms with Gasteiger partial charge in [0.15, 0.2) is 0 Å². The van der Waals surface area contributed by atoms with Gasteiger partial charge in [-0.25, -0.2) is 13.6 Å². The van der Waals surface area contributed by atoms with Crippen LogP contribution in [0.5, 0.6) is 0 Å². The third-order valence-electron chi connectivity index (χ3n) is 2.23. The van der Waals surface area contributed by atoms with Gasteiger partial charge in [0.25, 0.3) is 0 Å². The molecule has 0 aliphatic heterocycles. The number of hydrogen-bond acceptors (Lipinski definition) is 4. The molecule has 0 aliphatic carbocycles. The molecule has 0 atom stereocenters. The summed E-state index contributed by atoms with van der Waals surface area (Å²) in [5.41, 5.74) is 2.21. The topological polar surface area (TPSA) is 81.4 Å². The first-order valence-corrected chi connectivity index (χ1v) is 7.01. The second-order valence-electron chi connectivity index (χ2n) is 3.79. The zero-order valence-corrected chi connectivity index (χ0v) is 10.7. The van der Waals surface area contributed by atoms with E-state index < -0.39 is 10.0 Å². The van der Waals surface area contributed by atoms with Gasteiger partial charge < -0.3 is 10.1 Å².